The van der Waals surface area contributed by atoms with Crippen LogP contribution in [0.1, 0.15) is 66.1 Å². The number of amides is 1. The molecule has 1 saturated carbocycles. The normalized spacial score (nSPS) is 16.9. The summed E-state index contributed by atoms with van der Waals surface area (Å²) < 4.78 is 11.9. The minimum atomic E-state index is -0.194. The summed E-state index contributed by atoms with van der Waals surface area (Å²) >= 11 is 6.22. The van der Waals surface area contributed by atoms with E-state index in [1.165, 1.54) is 6.42 Å². The molecule has 8 heteroatoms. The lowest BCUT2D eigenvalue weighted by Gasteiger charge is -2.36. The van der Waals surface area contributed by atoms with Crippen molar-refractivity contribution < 1.29 is 13.9 Å². The molecule has 1 aromatic heterocycles. The van der Waals surface area contributed by atoms with Crippen LogP contribution in [0.15, 0.2) is 45.6 Å². The van der Waals surface area contributed by atoms with Gasteiger partial charge in [0.15, 0.2) is 11.0 Å². The first kappa shape index (κ1) is 27.5. The fourth-order valence-electron chi connectivity index (χ4n) is 5.98. The Morgan fingerprint density at radius 2 is 1.87 bits per heavy atom. The largest absolute Gasteiger partial charge is 0.495 e. The average molecular weight is 552 g/mol. The molecule has 3 aromatic rings. The molecule has 1 N–H and O–H groups in total. The molecule has 2 heterocycles. The van der Waals surface area contributed by atoms with Crippen molar-refractivity contribution in [3.05, 3.63) is 68.5 Å². The molecule has 208 valence electrons. The van der Waals surface area contributed by atoms with E-state index in [2.05, 4.69) is 15.1 Å². The van der Waals surface area contributed by atoms with Gasteiger partial charge in [-0.15, -0.1) is 0 Å². The summed E-state index contributed by atoms with van der Waals surface area (Å²) in [5, 5.41) is 4.23. The third-order valence-electron chi connectivity index (χ3n) is 8.19. The molecule has 39 heavy (non-hydrogen) atoms. The summed E-state index contributed by atoms with van der Waals surface area (Å²) in [6, 6.07) is 11.0. The summed E-state index contributed by atoms with van der Waals surface area (Å²) in [6.07, 6.45) is 6.44. The minimum Gasteiger partial charge on any atom is -0.495 e. The number of benzene rings is 2. The van der Waals surface area contributed by atoms with Crippen LogP contribution in [-0.4, -0.2) is 57.2 Å². The fourth-order valence-corrected chi connectivity index (χ4v) is 6.15. The van der Waals surface area contributed by atoms with Crippen LogP contribution >= 0.6 is 11.6 Å². The number of rotatable bonds is 8. The number of nitrogens with zero attached hydrogens (tertiary/aromatic N) is 2. The highest BCUT2D eigenvalue weighted by Gasteiger charge is 2.24. The van der Waals surface area contributed by atoms with E-state index in [1.807, 2.05) is 25.1 Å². The van der Waals surface area contributed by atoms with E-state index in [4.69, 9.17) is 20.8 Å². The molecule has 5 rings (SSSR count). The molecule has 1 aliphatic heterocycles. The van der Waals surface area contributed by atoms with E-state index >= 15 is 0 Å². The predicted octanol–water partition coefficient (Wildman–Crippen LogP) is 5.75. The number of hydrogen-bond acceptors (Lipinski definition) is 6. The molecule has 1 amide bonds. The van der Waals surface area contributed by atoms with Gasteiger partial charge >= 0.3 is 0 Å². The van der Waals surface area contributed by atoms with Crippen LogP contribution in [0.5, 0.6) is 5.75 Å². The Hall–Kier alpha value is -3.03. The number of anilines is 1. The van der Waals surface area contributed by atoms with E-state index in [-0.39, 0.29) is 17.3 Å². The van der Waals surface area contributed by atoms with Crippen molar-refractivity contribution in [1.82, 2.24) is 10.2 Å². The molecule has 1 saturated heterocycles. The Morgan fingerprint density at radius 1 is 1.10 bits per heavy atom. The third-order valence-corrected chi connectivity index (χ3v) is 8.43. The van der Waals surface area contributed by atoms with Crippen molar-refractivity contribution in [3.63, 3.8) is 0 Å². The highest BCUT2D eigenvalue weighted by Crippen LogP contribution is 2.35. The van der Waals surface area contributed by atoms with Gasteiger partial charge in [-0.3, -0.25) is 14.5 Å². The van der Waals surface area contributed by atoms with Crippen LogP contribution < -0.4 is 20.4 Å². The van der Waals surface area contributed by atoms with Gasteiger partial charge in [-0.1, -0.05) is 36.9 Å². The van der Waals surface area contributed by atoms with Crippen molar-refractivity contribution in [2.75, 3.05) is 51.3 Å². The molecule has 7 nitrogen and oxygen atoms in total. The lowest BCUT2D eigenvalue weighted by atomic mass is 9.85. The SMILES string of the molecule is COc1ccc(Cl)cc1N1CCN(CCCNC(=O)c2cccc3c(=O)c(C)c(C4CCCCC4)oc23)CC1. The molecule has 0 atom stereocenters. The van der Waals surface area contributed by atoms with Crippen molar-refractivity contribution in [2.45, 2.75) is 51.4 Å². The molecular formula is C31H38ClN3O4. The van der Waals surface area contributed by atoms with Crippen LogP contribution in [0.4, 0.5) is 5.69 Å². The van der Waals surface area contributed by atoms with Crippen LogP contribution in [-0.2, 0) is 0 Å². The number of para-hydroxylation sites is 1. The van der Waals surface area contributed by atoms with Gasteiger partial charge in [0, 0.05) is 49.2 Å². The Kier molecular flexibility index (Phi) is 8.78. The zero-order valence-electron chi connectivity index (χ0n) is 22.9. The summed E-state index contributed by atoms with van der Waals surface area (Å²) in [4.78, 5) is 31.0. The van der Waals surface area contributed by atoms with Gasteiger partial charge in [-0.05, 0) is 63.1 Å². The first-order chi connectivity index (χ1) is 19.0. The number of halogens is 1. The summed E-state index contributed by atoms with van der Waals surface area (Å²) in [5.41, 5.74) is 2.53. The standard InChI is InChI=1S/C31H38ClN3O4/c1-21-28(36)24-10-6-11-25(30(24)39-29(21)22-8-4-3-5-9-22)31(37)33-14-7-15-34-16-18-35(19-17-34)26-20-23(32)12-13-27(26)38-2/h6,10-13,20,22H,3-5,7-9,14-19H2,1-2H3,(H,33,37). The zero-order chi connectivity index (χ0) is 27.4. The highest BCUT2D eigenvalue weighted by molar-refractivity contribution is 6.31. The minimum absolute atomic E-state index is 0.0268. The molecule has 0 bridgehead atoms. The van der Waals surface area contributed by atoms with Crippen LogP contribution in [0.3, 0.4) is 0 Å². The van der Waals surface area contributed by atoms with E-state index in [9.17, 15) is 9.59 Å². The molecule has 0 radical (unpaired) electrons. The van der Waals surface area contributed by atoms with E-state index in [1.54, 1.807) is 25.3 Å². The van der Waals surface area contributed by atoms with Gasteiger partial charge in [0.05, 0.1) is 23.7 Å². The predicted molar refractivity (Wildman–Crippen MR) is 157 cm³/mol. The number of methoxy groups -OCH3 is 1. The second-order valence-electron chi connectivity index (χ2n) is 10.7. The van der Waals surface area contributed by atoms with Crippen LogP contribution in [0.25, 0.3) is 11.0 Å². The maximum absolute atomic E-state index is 13.2. The van der Waals surface area contributed by atoms with Gasteiger partial charge in [0.2, 0.25) is 0 Å². The van der Waals surface area contributed by atoms with E-state index < -0.39 is 0 Å². The smallest absolute Gasteiger partial charge is 0.255 e. The monoisotopic (exact) mass is 551 g/mol. The topological polar surface area (TPSA) is 75.0 Å². The van der Waals surface area contributed by atoms with Gasteiger partial charge < -0.3 is 19.4 Å². The van der Waals surface area contributed by atoms with Crippen molar-refractivity contribution in [3.8, 4) is 5.75 Å². The van der Waals surface area contributed by atoms with Gasteiger partial charge in [0.25, 0.3) is 5.91 Å². The molecule has 1 aliphatic carbocycles. The Bertz CT molecular complexity index is 1370. The molecule has 2 aliphatic rings. The van der Waals surface area contributed by atoms with Crippen LogP contribution in [0.2, 0.25) is 5.02 Å². The number of piperazine rings is 1. The second-order valence-corrected chi connectivity index (χ2v) is 11.1. The Labute approximate surface area is 235 Å². The highest BCUT2D eigenvalue weighted by atomic mass is 35.5. The average Bonchev–Trinajstić information content (AvgIpc) is 2.97. The van der Waals surface area contributed by atoms with E-state index in [0.717, 1.165) is 82.0 Å². The van der Waals surface area contributed by atoms with E-state index in [0.29, 0.717) is 33.7 Å². The first-order valence-electron chi connectivity index (χ1n) is 14.1. The molecule has 0 spiro atoms. The molecular weight excluding hydrogens is 514 g/mol. The number of carbonyl (C=O) groups is 1. The Balaban J connectivity index is 1.17. The Morgan fingerprint density at radius 3 is 2.62 bits per heavy atom. The van der Waals surface area contributed by atoms with Gasteiger partial charge in [0.1, 0.15) is 11.5 Å². The zero-order valence-corrected chi connectivity index (χ0v) is 23.7. The number of carbonyl (C=O) groups excluding carboxylic acids is 1. The maximum Gasteiger partial charge on any atom is 0.255 e. The first-order valence-corrected chi connectivity index (χ1v) is 14.5. The number of hydrogen-bond donors (Lipinski definition) is 1. The lowest BCUT2D eigenvalue weighted by molar-refractivity contribution is 0.0952. The molecule has 2 aromatic carbocycles. The van der Waals surface area contributed by atoms with Crippen molar-refractivity contribution >= 4 is 34.2 Å². The molecule has 0 unspecified atom stereocenters. The lowest BCUT2D eigenvalue weighted by Crippen LogP contribution is -2.47. The number of fused-ring (bicyclic) bond motifs is 1. The van der Waals surface area contributed by atoms with Crippen molar-refractivity contribution in [2.24, 2.45) is 0 Å². The van der Waals surface area contributed by atoms with Gasteiger partial charge in [-0.2, -0.15) is 0 Å². The number of ether oxygens (including phenoxy) is 1. The summed E-state index contributed by atoms with van der Waals surface area (Å²) in [6.45, 7) is 6.96. The summed E-state index contributed by atoms with van der Waals surface area (Å²) in [5.74, 6) is 1.66. The summed E-state index contributed by atoms with van der Waals surface area (Å²) in [7, 11) is 1.68. The van der Waals surface area contributed by atoms with Gasteiger partial charge in [-0.25, -0.2) is 0 Å². The molecule has 2 fully saturated rings. The second kappa shape index (κ2) is 12.4. The number of nitrogens with one attached hydrogen (secondary N) is 1. The third kappa shape index (κ3) is 6.10. The van der Waals surface area contributed by atoms with Crippen molar-refractivity contribution in [1.29, 1.82) is 0 Å². The quantitative estimate of drug-likeness (QED) is 0.359. The fraction of sp³-hybridized carbons (Fsp3) is 0.484. The maximum atomic E-state index is 13.2. The van der Waals surface area contributed by atoms with Crippen LogP contribution in [0, 0.1) is 6.92 Å².